The Morgan fingerprint density at radius 1 is 1.10 bits per heavy atom. The molecule has 0 bridgehead atoms. The molecule has 0 atom stereocenters. The standard InChI is InChI=1S/C16H17N3OS/c1-3-11-5-7-12(8-6-11)20-14-13-9-10-21-15(13)19-16(18-14)17-4-2/h5-10H,3-4H2,1-2H3,(H,17,18,19). The Morgan fingerprint density at radius 3 is 2.62 bits per heavy atom. The average Bonchev–Trinajstić information content (AvgIpc) is 2.97. The zero-order valence-corrected chi connectivity index (χ0v) is 12.9. The molecule has 108 valence electrons. The Kier molecular flexibility index (Phi) is 4.01. The van der Waals surface area contributed by atoms with Crippen LogP contribution >= 0.6 is 11.3 Å². The number of thiophene rings is 1. The van der Waals surface area contributed by atoms with Crippen molar-refractivity contribution in [3.63, 3.8) is 0 Å². The van der Waals surface area contributed by atoms with Gasteiger partial charge in [-0.1, -0.05) is 19.1 Å². The summed E-state index contributed by atoms with van der Waals surface area (Å²) in [6.07, 6.45) is 1.02. The molecule has 0 aliphatic rings. The van der Waals surface area contributed by atoms with Gasteiger partial charge in [-0.2, -0.15) is 4.98 Å². The Morgan fingerprint density at radius 2 is 1.90 bits per heavy atom. The number of rotatable bonds is 5. The summed E-state index contributed by atoms with van der Waals surface area (Å²) >= 11 is 1.59. The normalized spacial score (nSPS) is 10.8. The summed E-state index contributed by atoms with van der Waals surface area (Å²) in [4.78, 5) is 9.87. The van der Waals surface area contributed by atoms with Gasteiger partial charge in [-0.05, 0) is 42.5 Å². The lowest BCUT2D eigenvalue weighted by Crippen LogP contribution is -2.02. The third kappa shape index (κ3) is 2.97. The average molecular weight is 299 g/mol. The van der Waals surface area contributed by atoms with Gasteiger partial charge in [0.25, 0.3) is 0 Å². The molecule has 4 nitrogen and oxygen atoms in total. The Hall–Kier alpha value is -2.14. The van der Waals surface area contributed by atoms with Gasteiger partial charge in [0.2, 0.25) is 11.8 Å². The number of anilines is 1. The molecule has 2 heterocycles. The lowest BCUT2D eigenvalue weighted by Gasteiger charge is -2.09. The number of hydrogen-bond acceptors (Lipinski definition) is 5. The molecule has 2 aromatic heterocycles. The lowest BCUT2D eigenvalue weighted by atomic mass is 10.2. The zero-order chi connectivity index (χ0) is 14.7. The summed E-state index contributed by atoms with van der Waals surface area (Å²) < 4.78 is 5.95. The smallest absolute Gasteiger partial charge is 0.232 e. The summed E-state index contributed by atoms with van der Waals surface area (Å²) in [5, 5.41) is 6.09. The fourth-order valence-electron chi connectivity index (χ4n) is 2.05. The van der Waals surface area contributed by atoms with E-state index in [0.29, 0.717) is 11.8 Å². The van der Waals surface area contributed by atoms with Crippen molar-refractivity contribution >= 4 is 27.5 Å². The van der Waals surface area contributed by atoms with Gasteiger partial charge >= 0.3 is 0 Å². The number of hydrogen-bond donors (Lipinski definition) is 1. The largest absolute Gasteiger partial charge is 0.438 e. The first-order valence-corrected chi connectivity index (χ1v) is 7.94. The topological polar surface area (TPSA) is 47.0 Å². The second-order valence-corrected chi connectivity index (χ2v) is 5.52. The van der Waals surface area contributed by atoms with Crippen LogP contribution in [0.25, 0.3) is 10.2 Å². The molecule has 0 aliphatic carbocycles. The van der Waals surface area contributed by atoms with E-state index >= 15 is 0 Å². The minimum atomic E-state index is 0.599. The van der Waals surface area contributed by atoms with E-state index in [1.54, 1.807) is 11.3 Å². The van der Waals surface area contributed by atoms with E-state index < -0.39 is 0 Å². The number of nitrogens with zero attached hydrogens (tertiary/aromatic N) is 2. The molecule has 0 fully saturated rings. The van der Waals surface area contributed by atoms with Crippen molar-refractivity contribution in [1.29, 1.82) is 0 Å². The van der Waals surface area contributed by atoms with Crippen molar-refractivity contribution in [3.8, 4) is 11.6 Å². The van der Waals surface area contributed by atoms with Crippen LogP contribution in [0.5, 0.6) is 11.6 Å². The highest BCUT2D eigenvalue weighted by Gasteiger charge is 2.10. The Labute approximate surface area is 127 Å². The maximum absolute atomic E-state index is 5.95. The van der Waals surface area contributed by atoms with E-state index in [2.05, 4.69) is 34.3 Å². The molecule has 1 N–H and O–H groups in total. The predicted molar refractivity (Wildman–Crippen MR) is 87.5 cm³/mol. The number of aryl methyl sites for hydroxylation is 1. The summed E-state index contributed by atoms with van der Waals surface area (Å²) in [5.41, 5.74) is 1.29. The van der Waals surface area contributed by atoms with Crippen molar-refractivity contribution in [1.82, 2.24) is 9.97 Å². The summed E-state index contributed by atoms with van der Waals surface area (Å²) in [5.74, 6) is 2.00. The van der Waals surface area contributed by atoms with Crippen molar-refractivity contribution < 1.29 is 4.74 Å². The fraction of sp³-hybridized carbons (Fsp3) is 0.250. The molecular weight excluding hydrogens is 282 g/mol. The molecule has 0 saturated carbocycles. The Bertz CT molecular complexity index is 737. The first kappa shape index (κ1) is 13.8. The van der Waals surface area contributed by atoms with Crippen LogP contribution in [-0.4, -0.2) is 16.5 Å². The van der Waals surface area contributed by atoms with Gasteiger partial charge in [-0.25, -0.2) is 4.98 Å². The van der Waals surface area contributed by atoms with Gasteiger partial charge in [0.05, 0.1) is 5.39 Å². The highest BCUT2D eigenvalue weighted by molar-refractivity contribution is 7.16. The lowest BCUT2D eigenvalue weighted by molar-refractivity contribution is 0.469. The number of benzene rings is 1. The van der Waals surface area contributed by atoms with Crippen LogP contribution in [0.2, 0.25) is 0 Å². The van der Waals surface area contributed by atoms with E-state index in [1.807, 2.05) is 30.5 Å². The van der Waals surface area contributed by atoms with Crippen molar-refractivity contribution in [3.05, 3.63) is 41.3 Å². The molecule has 0 unspecified atom stereocenters. The van der Waals surface area contributed by atoms with Crippen LogP contribution in [0.4, 0.5) is 5.95 Å². The van der Waals surface area contributed by atoms with Crippen LogP contribution in [0.15, 0.2) is 35.7 Å². The molecule has 1 aromatic carbocycles. The molecule has 0 amide bonds. The number of aromatic nitrogens is 2. The molecule has 0 aliphatic heterocycles. The number of ether oxygens (including phenoxy) is 1. The van der Waals surface area contributed by atoms with E-state index in [4.69, 9.17) is 4.74 Å². The minimum Gasteiger partial charge on any atom is -0.438 e. The third-order valence-corrected chi connectivity index (χ3v) is 3.98. The first-order valence-electron chi connectivity index (χ1n) is 7.06. The van der Waals surface area contributed by atoms with Gasteiger partial charge in [-0.15, -0.1) is 11.3 Å². The molecule has 0 radical (unpaired) electrons. The summed E-state index contributed by atoms with van der Waals surface area (Å²) in [7, 11) is 0. The zero-order valence-electron chi connectivity index (χ0n) is 12.1. The summed E-state index contributed by atoms with van der Waals surface area (Å²) in [6.45, 7) is 4.94. The van der Waals surface area contributed by atoms with E-state index in [9.17, 15) is 0 Å². The predicted octanol–water partition coefficient (Wildman–Crippen LogP) is 4.48. The molecule has 3 aromatic rings. The first-order chi connectivity index (χ1) is 10.3. The van der Waals surface area contributed by atoms with Gasteiger partial charge in [0.15, 0.2) is 0 Å². The van der Waals surface area contributed by atoms with Crippen LogP contribution in [0, 0.1) is 0 Å². The molecule has 0 spiro atoms. The molecule has 0 saturated heterocycles. The monoisotopic (exact) mass is 299 g/mol. The number of nitrogens with one attached hydrogen (secondary N) is 1. The van der Waals surface area contributed by atoms with Gasteiger partial charge < -0.3 is 10.1 Å². The fourth-order valence-corrected chi connectivity index (χ4v) is 2.80. The maximum atomic E-state index is 5.95. The van der Waals surface area contributed by atoms with E-state index in [0.717, 1.165) is 28.9 Å². The van der Waals surface area contributed by atoms with Gasteiger partial charge in [0.1, 0.15) is 10.6 Å². The maximum Gasteiger partial charge on any atom is 0.232 e. The summed E-state index contributed by atoms with van der Waals surface area (Å²) in [6, 6.07) is 10.1. The second-order valence-electron chi connectivity index (χ2n) is 4.62. The SMILES string of the molecule is CCNc1nc(Oc2ccc(CC)cc2)c2ccsc2n1. The van der Waals surface area contributed by atoms with Gasteiger partial charge in [0, 0.05) is 6.54 Å². The van der Waals surface area contributed by atoms with Gasteiger partial charge in [-0.3, -0.25) is 0 Å². The van der Waals surface area contributed by atoms with Crippen LogP contribution in [0.3, 0.4) is 0 Å². The molecule has 5 heteroatoms. The van der Waals surface area contributed by atoms with Crippen molar-refractivity contribution in [2.75, 3.05) is 11.9 Å². The van der Waals surface area contributed by atoms with E-state index in [1.165, 1.54) is 5.56 Å². The molecular formula is C16H17N3OS. The quantitative estimate of drug-likeness (QED) is 0.754. The van der Waals surface area contributed by atoms with E-state index in [-0.39, 0.29) is 0 Å². The van der Waals surface area contributed by atoms with Crippen molar-refractivity contribution in [2.45, 2.75) is 20.3 Å². The minimum absolute atomic E-state index is 0.599. The second kappa shape index (κ2) is 6.10. The Balaban J connectivity index is 1.95. The highest BCUT2D eigenvalue weighted by atomic mass is 32.1. The highest BCUT2D eigenvalue weighted by Crippen LogP contribution is 2.31. The van der Waals surface area contributed by atoms with Crippen LogP contribution < -0.4 is 10.1 Å². The van der Waals surface area contributed by atoms with Crippen LogP contribution in [0.1, 0.15) is 19.4 Å². The molecule has 3 rings (SSSR count). The number of fused-ring (bicyclic) bond motifs is 1. The third-order valence-electron chi connectivity index (χ3n) is 3.17. The van der Waals surface area contributed by atoms with Crippen molar-refractivity contribution in [2.24, 2.45) is 0 Å². The van der Waals surface area contributed by atoms with Crippen LogP contribution in [-0.2, 0) is 6.42 Å². The molecule has 21 heavy (non-hydrogen) atoms.